The highest BCUT2D eigenvalue weighted by Gasteiger charge is 2.38. The van der Waals surface area contributed by atoms with Crippen molar-refractivity contribution in [2.75, 3.05) is 19.6 Å². The van der Waals surface area contributed by atoms with Crippen LogP contribution in [0.1, 0.15) is 33.6 Å². The lowest BCUT2D eigenvalue weighted by molar-refractivity contribution is -0.0495. The summed E-state index contributed by atoms with van der Waals surface area (Å²) in [4.78, 5) is 0. The maximum atomic E-state index is 13.3. The Morgan fingerprint density at radius 2 is 2.00 bits per heavy atom. The first kappa shape index (κ1) is 14.8. The minimum absolute atomic E-state index is 0.0244. The highest BCUT2D eigenvalue weighted by Crippen LogP contribution is 2.34. The molecule has 17 heavy (non-hydrogen) atoms. The zero-order valence-corrected chi connectivity index (χ0v) is 11.2. The van der Waals surface area contributed by atoms with Crippen molar-refractivity contribution in [1.82, 2.24) is 5.32 Å². The lowest BCUT2D eigenvalue weighted by atomic mass is 9.78. The summed E-state index contributed by atoms with van der Waals surface area (Å²) in [5, 5.41) is 2.85. The second-order valence-corrected chi connectivity index (χ2v) is 5.90. The van der Waals surface area contributed by atoms with Crippen molar-refractivity contribution in [3.05, 3.63) is 0 Å². The van der Waals surface area contributed by atoms with E-state index in [2.05, 4.69) is 26.1 Å². The normalized spacial score (nSPS) is 28.1. The van der Waals surface area contributed by atoms with Crippen LogP contribution in [0, 0.1) is 23.7 Å². The summed E-state index contributed by atoms with van der Waals surface area (Å²) in [6, 6.07) is 0. The SMILES string of the molecule is CC(C)C(CN)CC(C)C1CNCC(F)(F)C1. The van der Waals surface area contributed by atoms with Crippen molar-refractivity contribution in [3.8, 4) is 0 Å². The largest absolute Gasteiger partial charge is 0.330 e. The Hall–Kier alpha value is -0.220. The van der Waals surface area contributed by atoms with Crippen molar-refractivity contribution in [3.63, 3.8) is 0 Å². The molecule has 0 aromatic heterocycles. The van der Waals surface area contributed by atoms with Gasteiger partial charge < -0.3 is 11.1 Å². The second kappa shape index (κ2) is 6.10. The molecule has 1 heterocycles. The molecule has 0 aromatic carbocycles. The predicted molar refractivity (Wildman–Crippen MR) is 67.1 cm³/mol. The molecule has 1 fully saturated rings. The van der Waals surface area contributed by atoms with E-state index in [4.69, 9.17) is 5.73 Å². The lowest BCUT2D eigenvalue weighted by Gasteiger charge is -2.35. The van der Waals surface area contributed by atoms with Crippen LogP contribution >= 0.6 is 0 Å². The van der Waals surface area contributed by atoms with Gasteiger partial charge in [-0.25, -0.2) is 8.78 Å². The molecule has 0 aliphatic carbocycles. The van der Waals surface area contributed by atoms with Gasteiger partial charge in [0.15, 0.2) is 0 Å². The fourth-order valence-electron chi connectivity index (χ4n) is 2.68. The number of halogens is 2. The Morgan fingerprint density at radius 1 is 1.35 bits per heavy atom. The van der Waals surface area contributed by atoms with Crippen molar-refractivity contribution in [2.24, 2.45) is 29.4 Å². The van der Waals surface area contributed by atoms with Gasteiger partial charge >= 0.3 is 0 Å². The average Bonchev–Trinajstić information content (AvgIpc) is 2.23. The van der Waals surface area contributed by atoms with Crippen LogP contribution in [0.5, 0.6) is 0 Å². The van der Waals surface area contributed by atoms with Gasteiger partial charge in [0.05, 0.1) is 6.54 Å². The fourth-order valence-corrected chi connectivity index (χ4v) is 2.68. The summed E-state index contributed by atoms with van der Waals surface area (Å²) in [7, 11) is 0. The third-order valence-corrected chi connectivity index (χ3v) is 4.08. The number of nitrogens with two attached hydrogens (primary N) is 1. The van der Waals surface area contributed by atoms with E-state index in [0.29, 0.717) is 30.8 Å². The molecule has 1 rings (SSSR count). The van der Waals surface area contributed by atoms with Gasteiger partial charge in [-0.1, -0.05) is 20.8 Å². The first-order valence-corrected chi connectivity index (χ1v) is 6.64. The molecule has 1 aliphatic heterocycles. The highest BCUT2D eigenvalue weighted by molar-refractivity contribution is 4.85. The third-order valence-electron chi connectivity index (χ3n) is 4.08. The zero-order valence-electron chi connectivity index (χ0n) is 11.2. The molecule has 1 aliphatic rings. The van der Waals surface area contributed by atoms with E-state index in [0.717, 1.165) is 6.42 Å². The van der Waals surface area contributed by atoms with Gasteiger partial charge in [0.25, 0.3) is 5.92 Å². The van der Waals surface area contributed by atoms with E-state index in [-0.39, 0.29) is 18.9 Å². The molecule has 0 amide bonds. The summed E-state index contributed by atoms with van der Waals surface area (Å²) in [5.74, 6) is -1.18. The van der Waals surface area contributed by atoms with E-state index >= 15 is 0 Å². The number of piperidine rings is 1. The number of hydrogen-bond donors (Lipinski definition) is 2. The third kappa shape index (κ3) is 4.51. The summed E-state index contributed by atoms with van der Waals surface area (Å²) >= 11 is 0. The summed E-state index contributed by atoms with van der Waals surface area (Å²) in [6.07, 6.45) is 0.979. The number of hydrogen-bond acceptors (Lipinski definition) is 2. The van der Waals surface area contributed by atoms with Gasteiger partial charge in [-0.15, -0.1) is 0 Å². The van der Waals surface area contributed by atoms with Gasteiger partial charge in [-0.2, -0.15) is 0 Å². The average molecular weight is 248 g/mol. The van der Waals surface area contributed by atoms with Gasteiger partial charge in [0, 0.05) is 6.42 Å². The van der Waals surface area contributed by atoms with Crippen LogP contribution in [0.3, 0.4) is 0 Å². The van der Waals surface area contributed by atoms with Crippen molar-refractivity contribution in [1.29, 1.82) is 0 Å². The van der Waals surface area contributed by atoms with E-state index in [1.54, 1.807) is 0 Å². The van der Waals surface area contributed by atoms with Gasteiger partial charge in [-0.3, -0.25) is 0 Å². The molecule has 102 valence electrons. The molecule has 0 bridgehead atoms. The van der Waals surface area contributed by atoms with Crippen molar-refractivity contribution < 1.29 is 8.78 Å². The van der Waals surface area contributed by atoms with Gasteiger partial charge in [-0.05, 0) is 43.2 Å². The monoisotopic (exact) mass is 248 g/mol. The van der Waals surface area contributed by atoms with Crippen LogP contribution in [0.15, 0.2) is 0 Å². The minimum atomic E-state index is -2.53. The molecule has 1 saturated heterocycles. The first-order valence-electron chi connectivity index (χ1n) is 6.64. The standard InChI is InChI=1S/C13H26F2N2/c1-9(2)11(6-16)4-10(3)12-5-13(14,15)8-17-7-12/h9-12,17H,4-8,16H2,1-3H3. The van der Waals surface area contributed by atoms with Crippen LogP contribution in [0.2, 0.25) is 0 Å². The van der Waals surface area contributed by atoms with Crippen LogP contribution in [0.25, 0.3) is 0 Å². The molecule has 0 aromatic rings. The van der Waals surface area contributed by atoms with Gasteiger partial charge in [0.2, 0.25) is 0 Å². The maximum absolute atomic E-state index is 13.3. The molecule has 3 N–H and O–H groups in total. The van der Waals surface area contributed by atoms with Crippen LogP contribution in [0.4, 0.5) is 8.78 Å². The van der Waals surface area contributed by atoms with E-state index < -0.39 is 5.92 Å². The molecular formula is C13H26F2N2. The summed E-state index contributed by atoms with van der Waals surface area (Å²) in [5.41, 5.74) is 5.74. The van der Waals surface area contributed by atoms with Crippen LogP contribution in [-0.4, -0.2) is 25.6 Å². The van der Waals surface area contributed by atoms with Crippen molar-refractivity contribution in [2.45, 2.75) is 39.5 Å². The Balaban J connectivity index is 2.49. The molecule has 4 heteroatoms. The summed E-state index contributed by atoms with van der Waals surface area (Å²) in [6.45, 7) is 7.58. The topological polar surface area (TPSA) is 38.0 Å². The Labute approximate surface area is 103 Å². The quantitative estimate of drug-likeness (QED) is 0.784. The summed E-state index contributed by atoms with van der Waals surface area (Å²) < 4.78 is 26.6. The Bertz CT molecular complexity index is 231. The van der Waals surface area contributed by atoms with Crippen molar-refractivity contribution >= 4 is 0 Å². The van der Waals surface area contributed by atoms with E-state index in [9.17, 15) is 8.78 Å². The molecule has 3 unspecified atom stereocenters. The molecule has 2 nitrogen and oxygen atoms in total. The Morgan fingerprint density at radius 3 is 2.47 bits per heavy atom. The molecule has 0 saturated carbocycles. The minimum Gasteiger partial charge on any atom is -0.330 e. The Kier molecular flexibility index (Phi) is 5.32. The van der Waals surface area contributed by atoms with Crippen LogP contribution < -0.4 is 11.1 Å². The highest BCUT2D eigenvalue weighted by atomic mass is 19.3. The van der Waals surface area contributed by atoms with E-state index in [1.165, 1.54) is 0 Å². The van der Waals surface area contributed by atoms with E-state index in [1.807, 2.05) is 0 Å². The molecule has 0 radical (unpaired) electrons. The smallest absolute Gasteiger partial charge is 0.260 e. The van der Waals surface area contributed by atoms with Gasteiger partial charge in [0.1, 0.15) is 0 Å². The van der Waals surface area contributed by atoms with Crippen LogP contribution in [-0.2, 0) is 0 Å². The predicted octanol–water partition coefficient (Wildman–Crippen LogP) is 2.49. The lowest BCUT2D eigenvalue weighted by Crippen LogP contribution is -2.46. The zero-order chi connectivity index (χ0) is 13.1. The molecular weight excluding hydrogens is 222 g/mol. The number of rotatable bonds is 5. The number of nitrogens with one attached hydrogen (secondary N) is 1. The maximum Gasteiger partial charge on any atom is 0.260 e. The molecule has 0 spiro atoms. The second-order valence-electron chi connectivity index (χ2n) is 5.90. The molecule has 3 atom stereocenters. The first-order chi connectivity index (χ1) is 7.85. The fraction of sp³-hybridized carbons (Fsp3) is 1.00. The number of alkyl halides is 2.